The van der Waals surface area contributed by atoms with Crippen LogP contribution in [0.2, 0.25) is 0 Å². The molecule has 6 unspecified atom stereocenters. The predicted octanol–water partition coefficient (Wildman–Crippen LogP) is -16.1. The van der Waals surface area contributed by atoms with Crippen molar-refractivity contribution in [3.8, 4) is 0 Å². The first-order valence-electron chi connectivity index (χ1n) is 8.42. The molecule has 26 heteroatoms. The molecular formula is C11H14N5Na4O13P3S. The smallest absolute Gasteiger partial charge is 0.790 e. The van der Waals surface area contributed by atoms with Crippen molar-refractivity contribution in [2.24, 2.45) is 0 Å². The van der Waals surface area contributed by atoms with Gasteiger partial charge in [-0.15, -0.1) is 0 Å². The van der Waals surface area contributed by atoms with Crippen LogP contribution < -0.4 is 149 Å². The van der Waals surface area contributed by atoms with E-state index in [0.717, 1.165) is 6.33 Å². The molecule has 37 heavy (non-hydrogen) atoms. The predicted molar refractivity (Wildman–Crippen MR) is 101 cm³/mol. The van der Waals surface area contributed by atoms with E-state index in [9.17, 15) is 38.6 Å². The van der Waals surface area contributed by atoms with Crippen molar-refractivity contribution in [2.75, 3.05) is 19.5 Å². The average Bonchev–Trinajstić information content (AvgIpc) is 3.17. The van der Waals surface area contributed by atoms with E-state index in [-0.39, 0.29) is 135 Å². The fraction of sp³-hybridized carbons (Fsp3) is 0.545. The zero-order valence-corrected chi connectivity index (χ0v) is 31.6. The van der Waals surface area contributed by atoms with Crippen molar-refractivity contribution < 1.29 is 175 Å². The zero-order valence-electron chi connectivity index (χ0n) is 20.1. The van der Waals surface area contributed by atoms with E-state index >= 15 is 0 Å². The second kappa shape index (κ2) is 16.6. The van der Waals surface area contributed by atoms with E-state index in [4.69, 9.17) is 15.2 Å². The largest absolute Gasteiger partial charge is 1.00 e. The Labute approximate surface area is 302 Å². The molecule has 0 amide bonds. The second-order valence-corrected chi connectivity index (χ2v) is 11.9. The third kappa shape index (κ3) is 11.5. The Kier molecular flexibility index (Phi) is 18.9. The van der Waals surface area contributed by atoms with Gasteiger partial charge in [-0.05, 0) is 0 Å². The molecule has 0 radical (unpaired) electrons. The van der Waals surface area contributed by atoms with Crippen LogP contribution >= 0.6 is 22.4 Å². The second-order valence-electron chi connectivity index (χ2n) is 6.33. The zero-order chi connectivity index (χ0) is 24.8. The summed E-state index contributed by atoms with van der Waals surface area (Å²) in [6, 6.07) is 0. The van der Waals surface area contributed by atoms with Gasteiger partial charge >= 0.3 is 118 Å². The summed E-state index contributed by atoms with van der Waals surface area (Å²) in [5.74, 6) is -0.226. The van der Waals surface area contributed by atoms with Gasteiger partial charge in [0.25, 0.3) is 13.4 Å². The molecule has 1 fully saturated rings. The molecule has 0 bridgehead atoms. The monoisotopic (exact) mass is 641 g/mol. The summed E-state index contributed by atoms with van der Waals surface area (Å²) >= 11 is 4.33. The number of anilines is 1. The Morgan fingerprint density at radius 1 is 1.22 bits per heavy atom. The van der Waals surface area contributed by atoms with Gasteiger partial charge < -0.3 is 49.0 Å². The van der Waals surface area contributed by atoms with Gasteiger partial charge in [0.1, 0.15) is 25.0 Å². The summed E-state index contributed by atoms with van der Waals surface area (Å²) in [6.45, 7) is -5.82. The molecule has 1 saturated heterocycles. The number of fused-ring (bicyclic) bond motifs is 1. The number of nitrogens with one attached hydrogen (secondary N) is 1. The number of hydrogen-bond acceptors (Lipinski definition) is 17. The van der Waals surface area contributed by atoms with Gasteiger partial charge in [-0.1, -0.05) is 11.8 Å². The molecule has 0 aliphatic carbocycles. The standard InChI is InChI=1S/C11H18N5O13P3S.4Na/c1-25-7-6(17)4(2-26-32(24,33)29-31(22,23)28-30(19,20)21)27-10(7)16-3-13-5-8(16)14-11(12)15-9(5)18;;;;/h3-4,6-7,10,17H,2H2,1H3,(H,22,23)(H,24,33)(H2,19,20,21)(H3,12,14,15,18);;;;/q;4*+1/p-4. The number of rotatable bonds is 9. The number of nitrogens with zero attached hydrogens (tertiary/aromatic N) is 3. The number of nitrogen functional groups attached to an aromatic ring is 1. The van der Waals surface area contributed by atoms with Crippen molar-refractivity contribution in [1.82, 2.24) is 19.5 Å². The quantitative estimate of drug-likeness (QED) is 0.169. The molecule has 2 aromatic heterocycles. The van der Waals surface area contributed by atoms with Crippen LogP contribution in [-0.4, -0.2) is 56.7 Å². The first-order chi connectivity index (χ1) is 15.1. The molecule has 4 N–H and O–H groups in total. The number of hydrogen-bond donors (Lipinski definition) is 3. The topological polar surface area (TPSA) is 282 Å². The Bertz CT molecular complexity index is 1250. The number of aromatic amines is 1. The van der Waals surface area contributed by atoms with Crippen molar-refractivity contribution in [3.05, 3.63) is 16.7 Å². The Balaban J connectivity index is 0. The van der Waals surface area contributed by atoms with Gasteiger partial charge in [0, 0.05) is 7.11 Å². The van der Waals surface area contributed by atoms with Crippen LogP contribution in [0.15, 0.2) is 11.1 Å². The molecule has 0 saturated carbocycles. The third-order valence-corrected chi connectivity index (χ3v) is 8.69. The maximum absolute atomic E-state index is 12.1. The number of aromatic nitrogens is 4. The Morgan fingerprint density at radius 3 is 2.35 bits per heavy atom. The number of imidazole rings is 1. The van der Waals surface area contributed by atoms with Gasteiger partial charge in [0.2, 0.25) is 5.95 Å². The number of methoxy groups -OCH3 is 1. The normalized spacial score (nSPS) is 24.5. The maximum atomic E-state index is 12.1. The fourth-order valence-electron chi connectivity index (χ4n) is 2.91. The maximum Gasteiger partial charge on any atom is 1.00 e. The third-order valence-electron chi connectivity index (χ3n) is 4.11. The molecule has 18 nitrogen and oxygen atoms in total. The number of aliphatic hydroxyl groups excluding tert-OH is 1. The summed E-state index contributed by atoms with van der Waals surface area (Å²) in [6.07, 6.45) is -3.96. The van der Waals surface area contributed by atoms with Gasteiger partial charge in [-0.25, -0.2) is 4.98 Å². The van der Waals surface area contributed by atoms with Crippen molar-refractivity contribution in [1.29, 1.82) is 0 Å². The SMILES string of the molecule is COC1C(O)C(COP([O-])(=S)OP(=O)([O-])OP(=O)([O-])[O-])OC1n1cnc2c(=O)[nH]c(N)nc21.[Na+].[Na+].[Na+].[Na+]. The minimum Gasteiger partial charge on any atom is -0.790 e. The van der Waals surface area contributed by atoms with Crippen LogP contribution in [0.1, 0.15) is 6.23 Å². The summed E-state index contributed by atoms with van der Waals surface area (Å²) in [5, 5.41) is 10.5. The number of phosphoric acid groups is 2. The van der Waals surface area contributed by atoms with Crippen LogP contribution in [0, 0.1) is 0 Å². The molecule has 6 atom stereocenters. The van der Waals surface area contributed by atoms with Crippen LogP contribution in [0.25, 0.3) is 11.2 Å². The number of aliphatic hydroxyl groups is 1. The molecular weight excluding hydrogens is 627 g/mol. The first kappa shape index (κ1) is 42.0. The summed E-state index contributed by atoms with van der Waals surface area (Å²) in [4.78, 5) is 66.3. The van der Waals surface area contributed by atoms with Gasteiger partial charge in [0.15, 0.2) is 17.4 Å². The molecule has 0 spiro atoms. The fourth-order valence-corrected chi connectivity index (χ4v) is 6.69. The van der Waals surface area contributed by atoms with Crippen molar-refractivity contribution >= 4 is 51.3 Å². The number of H-pyrrole nitrogens is 1. The molecule has 186 valence electrons. The van der Waals surface area contributed by atoms with Gasteiger partial charge in [0.05, 0.1) is 20.8 Å². The molecule has 2 aromatic rings. The number of ether oxygens (including phenoxy) is 2. The summed E-state index contributed by atoms with van der Waals surface area (Å²) in [5.41, 5.74) is 4.78. The van der Waals surface area contributed by atoms with Crippen molar-refractivity contribution in [3.63, 3.8) is 0 Å². The molecule has 3 heterocycles. The molecule has 1 aliphatic heterocycles. The van der Waals surface area contributed by atoms with Crippen molar-refractivity contribution in [2.45, 2.75) is 24.5 Å². The van der Waals surface area contributed by atoms with Gasteiger partial charge in [-0.2, -0.15) is 4.98 Å². The van der Waals surface area contributed by atoms with E-state index in [1.807, 2.05) is 0 Å². The van der Waals surface area contributed by atoms with E-state index in [1.165, 1.54) is 11.7 Å². The van der Waals surface area contributed by atoms with Crippen LogP contribution in [0.4, 0.5) is 5.95 Å². The average molecular weight is 641 g/mol. The van der Waals surface area contributed by atoms with E-state index in [1.54, 1.807) is 0 Å². The molecule has 0 aromatic carbocycles. The minimum atomic E-state index is -6.05. The van der Waals surface area contributed by atoms with E-state index < -0.39 is 59.1 Å². The van der Waals surface area contributed by atoms with Gasteiger partial charge in [-0.3, -0.25) is 27.5 Å². The van der Waals surface area contributed by atoms with E-state index in [0.29, 0.717) is 0 Å². The van der Waals surface area contributed by atoms with Crippen LogP contribution in [-0.2, 0) is 43.6 Å². The Hall–Kier alpha value is 2.86. The summed E-state index contributed by atoms with van der Waals surface area (Å²) < 4.78 is 45.5. The molecule has 3 rings (SSSR count). The Morgan fingerprint density at radius 2 is 1.81 bits per heavy atom. The van der Waals surface area contributed by atoms with E-state index in [2.05, 4.69) is 39.9 Å². The van der Waals surface area contributed by atoms with Crippen LogP contribution in [0.5, 0.6) is 0 Å². The summed E-state index contributed by atoms with van der Waals surface area (Å²) in [7, 11) is -10.8. The number of nitrogens with two attached hydrogens (primary N) is 1. The first-order valence-corrected chi connectivity index (χ1v) is 13.9. The molecule has 1 aliphatic rings. The van der Waals surface area contributed by atoms with Crippen LogP contribution in [0.3, 0.4) is 0 Å². The minimum absolute atomic E-state index is 0.